The van der Waals surface area contributed by atoms with Crippen LogP contribution in [0.2, 0.25) is 0 Å². The number of nitrogen functional groups attached to an aromatic ring is 1. The van der Waals surface area contributed by atoms with E-state index < -0.39 is 0 Å². The van der Waals surface area contributed by atoms with E-state index in [0.29, 0.717) is 5.69 Å². The molecule has 0 amide bonds. The first-order valence-corrected chi connectivity index (χ1v) is 5.29. The van der Waals surface area contributed by atoms with Gasteiger partial charge in [0, 0.05) is 22.8 Å². The van der Waals surface area contributed by atoms with Gasteiger partial charge < -0.3 is 10.3 Å². The average Bonchev–Trinajstić information content (AvgIpc) is 2.46. The van der Waals surface area contributed by atoms with E-state index in [1.807, 2.05) is 36.7 Å². The van der Waals surface area contributed by atoms with Gasteiger partial charge in [-0.05, 0) is 25.1 Å². The zero-order valence-corrected chi connectivity index (χ0v) is 10.1. The molecule has 0 fully saturated rings. The van der Waals surface area contributed by atoms with E-state index in [0.717, 1.165) is 21.7 Å². The van der Waals surface area contributed by atoms with Crippen LogP contribution < -0.4 is 5.73 Å². The molecule has 0 aliphatic carbocycles. The van der Waals surface area contributed by atoms with Crippen LogP contribution in [0.1, 0.15) is 5.82 Å². The molecule has 1 heterocycles. The summed E-state index contributed by atoms with van der Waals surface area (Å²) in [5.74, 6) is 1.70. The second kappa shape index (κ2) is 3.66. The van der Waals surface area contributed by atoms with Crippen molar-refractivity contribution in [1.29, 1.82) is 0 Å². The summed E-state index contributed by atoms with van der Waals surface area (Å²) in [7, 11) is 1.93. The lowest BCUT2D eigenvalue weighted by atomic mass is 10.2. The van der Waals surface area contributed by atoms with Crippen molar-refractivity contribution in [2.24, 2.45) is 7.05 Å². The van der Waals surface area contributed by atoms with Gasteiger partial charge in [-0.3, -0.25) is 0 Å². The summed E-state index contributed by atoms with van der Waals surface area (Å²) in [6.45, 7) is 1.91. The predicted molar refractivity (Wildman–Crippen MR) is 63.3 cm³/mol. The Kier molecular flexibility index (Phi) is 2.48. The van der Waals surface area contributed by atoms with E-state index in [1.54, 1.807) is 0 Å². The lowest BCUT2D eigenvalue weighted by Gasteiger charge is -2.03. The fraction of sp³-hybridized carbons (Fsp3) is 0.200. The van der Waals surface area contributed by atoms with E-state index in [4.69, 9.17) is 5.73 Å². The van der Waals surface area contributed by atoms with Crippen molar-refractivity contribution in [2.75, 3.05) is 5.73 Å². The van der Waals surface area contributed by atoms with Gasteiger partial charge in [-0.1, -0.05) is 15.9 Å². The molecule has 0 bridgehead atoms. The molecular weight excluding hydrogens is 256 g/mol. The molecule has 0 unspecified atom stereocenters. The van der Waals surface area contributed by atoms with Crippen LogP contribution >= 0.6 is 15.9 Å². The van der Waals surface area contributed by atoms with Crippen LogP contribution in [-0.2, 0) is 7.05 Å². The SMILES string of the molecule is Cc1nnc(-c2cc(N)cc(Br)c2)n1C. The van der Waals surface area contributed by atoms with Gasteiger partial charge in [0.25, 0.3) is 0 Å². The lowest BCUT2D eigenvalue weighted by molar-refractivity contribution is 0.865. The van der Waals surface area contributed by atoms with Crippen molar-refractivity contribution in [3.8, 4) is 11.4 Å². The predicted octanol–water partition coefficient (Wildman–Crippen LogP) is 2.14. The molecule has 1 aromatic carbocycles. The van der Waals surface area contributed by atoms with Gasteiger partial charge in [0.15, 0.2) is 5.82 Å². The van der Waals surface area contributed by atoms with Gasteiger partial charge in [0.05, 0.1) is 0 Å². The van der Waals surface area contributed by atoms with E-state index >= 15 is 0 Å². The molecule has 2 N–H and O–H groups in total. The maximum atomic E-state index is 5.77. The number of nitrogens with zero attached hydrogens (tertiary/aromatic N) is 3. The van der Waals surface area contributed by atoms with Crippen LogP contribution in [0.4, 0.5) is 5.69 Å². The maximum absolute atomic E-state index is 5.77. The number of halogens is 1. The van der Waals surface area contributed by atoms with Crippen LogP contribution in [0.3, 0.4) is 0 Å². The van der Waals surface area contributed by atoms with Gasteiger partial charge >= 0.3 is 0 Å². The Morgan fingerprint density at radius 2 is 2.00 bits per heavy atom. The third kappa shape index (κ3) is 1.87. The van der Waals surface area contributed by atoms with Crippen molar-refractivity contribution in [1.82, 2.24) is 14.8 Å². The molecule has 78 valence electrons. The average molecular weight is 267 g/mol. The highest BCUT2D eigenvalue weighted by atomic mass is 79.9. The number of rotatable bonds is 1. The summed E-state index contributed by atoms with van der Waals surface area (Å²) in [4.78, 5) is 0. The monoisotopic (exact) mass is 266 g/mol. The summed E-state index contributed by atoms with van der Waals surface area (Å²) < 4.78 is 2.87. The molecule has 2 rings (SSSR count). The summed E-state index contributed by atoms with van der Waals surface area (Å²) >= 11 is 3.40. The number of hydrogen-bond donors (Lipinski definition) is 1. The number of aryl methyl sites for hydroxylation is 1. The molecule has 0 aliphatic rings. The Bertz CT molecular complexity index is 484. The minimum Gasteiger partial charge on any atom is -0.399 e. The van der Waals surface area contributed by atoms with Crippen molar-refractivity contribution in [2.45, 2.75) is 6.92 Å². The second-order valence-corrected chi connectivity index (χ2v) is 4.32. The fourth-order valence-electron chi connectivity index (χ4n) is 1.40. The number of benzene rings is 1. The molecule has 15 heavy (non-hydrogen) atoms. The number of hydrogen-bond acceptors (Lipinski definition) is 3. The van der Waals surface area contributed by atoms with E-state index in [-0.39, 0.29) is 0 Å². The summed E-state index contributed by atoms with van der Waals surface area (Å²) in [6.07, 6.45) is 0. The molecule has 2 aromatic rings. The van der Waals surface area contributed by atoms with E-state index in [1.165, 1.54) is 0 Å². The highest BCUT2D eigenvalue weighted by molar-refractivity contribution is 9.10. The number of nitrogens with two attached hydrogens (primary N) is 1. The Morgan fingerprint density at radius 3 is 2.53 bits per heavy atom. The van der Waals surface area contributed by atoms with Gasteiger partial charge in [0.1, 0.15) is 5.82 Å². The third-order valence-corrected chi connectivity index (χ3v) is 2.73. The molecule has 0 spiro atoms. The molecule has 0 atom stereocenters. The Balaban J connectivity index is 2.58. The molecule has 0 radical (unpaired) electrons. The Hall–Kier alpha value is -1.36. The van der Waals surface area contributed by atoms with Crippen molar-refractivity contribution >= 4 is 21.6 Å². The van der Waals surface area contributed by atoms with Gasteiger partial charge in [-0.15, -0.1) is 10.2 Å². The largest absolute Gasteiger partial charge is 0.399 e. The molecule has 1 aromatic heterocycles. The number of anilines is 1. The molecule has 0 aliphatic heterocycles. The molecular formula is C10H11BrN4. The summed E-state index contributed by atoms with van der Waals surface area (Å²) in [6, 6.07) is 5.71. The summed E-state index contributed by atoms with van der Waals surface area (Å²) in [5, 5.41) is 8.11. The first kappa shape index (κ1) is 10.2. The quantitative estimate of drug-likeness (QED) is 0.805. The van der Waals surface area contributed by atoms with Crippen molar-refractivity contribution in [3.05, 3.63) is 28.5 Å². The normalized spacial score (nSPS) is 10.6. The minimum absolute atomic E-state index is 0.708. The van der Waals surface area contributed by atoms with Crippen LogP contribution in [-0.4, -0.2) is 14.8 Å². The molecule has 4 nitrogen and oxygen atoms in total. The topological polar surface area (TPSA) is 56.7 Å². The van der Waals surface area contributed by atoms with Gasteiger partial charge in [-0.25, -0.2) is 0 Å². The first-order chi connectivity index (χ1) is 7.08. The third-order valence-electron chi connectivity index (χ3n) is 2.27. The summed E-state index contributed by atoms with van der Waals surface area (Å²) in [5.41, 5.74) is 7.44. The maximum Gasteiger partial charge on any atom is 0.163 e. The Morgan fingerprint density at radius 1 is 1.27 bits per heavy atom. The Labute approximate surface area is 96.3 Å². The van der Waals surface area contributed by atoms with Crippen LogP contribution in [0.5, 0.6) is 0 Å². The highest BCUT2D eigenvalue weighted by Gasteiger charge is 2.08. The molecule has 0 saturated carbocycles. The first-order valence-electron chi connectivity index (χ1n) is 4.50. The second-order valence-electron chi connectivity index (χ2n) is 3.40. The van der Waals surface area contributed by atoms with Gasteiger partial charge in [-0.2, -0.15) is 0 Å². The highest BCUT2D eigenvalue weighted by Crippen LogP contribution is 2.24. The standard InChI is InChI=1S/C10H11BrN4/c1-6-13-14-10(15(6)2)7-3-8(11)5-9(12)4-7/h3-5H,12H2,1-2H3. The van der Waals surface area contributed by atoms with Crippen molar-refractivity contribution in [3.63, 3.8) is 0 Å². The zero-order valence-electron chi connectivity index (χ0n) is 8.53. The van der Waals surface area contributed by atoms with Crippen LogP contribution in [0.15, 0.2) is 22.7 Å². The molecule has 0 saturated heterocycles. The van der Waals surface area contributed by atoms with Gasteiger partial charge in [0.2, 0.25) is 0 Å². The van der Waals surface area contributed by atoms with Crippen molar-refractivity contribution < 1.29 is 0 Å². The van der Waals surface area contributed by atoms with E-state index in [9.17, 15) is 0 Å². The lowest BCUT2D eigenvalue weighted by Crippen LogP contribution is -1.96. The zero-order chi connectivity index (χ0) is 11.0. The van der Waals surface area contributed by atoms with Crippen LogP contribution in [0, 0.1) is 6.92 Å². The van der Waals surface area contributed by atoms with E-state index in [2.05, 4.69) is 26.1 Å². The fourth-order valence-corrected chi connectivity index (χ4v) is 1.91. The minimum atomic E-state index is 0.708. The molecule has 5 heteroatoms. The smallest absolute Gasteiger partial charge is 0.163 e. The number of aromatic nitrogens is 3. The van der Waals surface area contributed by atoms with Crippen LogP contribution in [0.25, 0.3) is 11.4 Å².